The zero-order valence-electron chi connectivity index (χ0n) is 21.8. The lowest BCUT2D eigenvalue weighted by atomic mass is 10.0. The maximum absolute atomic E-state index is 14.0. The van der Waals surface area contributed by atoms with Crippen LogP contribution in [0.3, 0.4) is 0 Å². The van der Waals surface area contributed by atoms with E-state index in [0.29, 0.717) is 72.0 Å². The van der Waals surface area contributed by atoms with Gasteiger partial charge < -0.3 is 14.4 Å². The van der Waals surface area contributed by atoms with Crippen LogP contribution < -0.4 is 15.0 Å². The summed E-state index contributed by atoms with van der Waals surface area (Å²) in [7, 11) is 2.98. The van der Waals surface area contributed by atoms with Gasteiger partial charge in [0.05, 0.1) is 29.8 Å². The van der Waals surface area contributed by atoms with Crippen LogP contribution in [0.2, 0.25) is 10.0 Å². The quantitative estimate of drug-likeness (QED) is 0.365. The maximum Gasteiger partial charge on any atom is 0.260 e. The molecular formula is C27H31Cl2N5O4. The van der Waals surface area contributed by atoms with E-state index in [1.165, 1.54) is 20.3 Å². The number of nitrogens with zero attached hydrogens (tertiary/aromatic N) is 5. The third-order valence-corrected chi connectivity index (χ3v) is 7.50. The molecule has 9 nitrogen and oxygen atoms in total. The van der Waals surface area contributed by atoms with E-state index < -0.39 is 0 Å². The average molecular weight is 560 g/mol. The molecule has 1 saturated heterocycles. The maximum atomic E-state index is 14.0. The summed E-state index contributed by atoms with van der Waals surface area (Å²) in [4.78, 5) is 39.0. The lowest BCUT2D eigenvalue weighted by Gasteiger charge is -2.34. The number of halogens is 2. The second kappa shape index (κ2) is 12.1. The lowest BCUT2D eigenvalue weighted by molar-refractivity contribution is -0.127. The van der Waals surface area contributed by atoms with Crippen molar-refractivity contribution in [3.63, 3.8) is 0 Å². The fourth-order valence-corrected chi connectivity index (χ4v) is 5.35. The molecule has 1 aromatic carbocycles. The number of aryl methyl sites for hydroxylation is 2. The number of fused-ring (bicyclic) bond motifs is 1. The molecule has 2 aromatic heterocycles. The molecule has 0 bridgehead atoms. The molecule has 38 heavy (non-hydrogen) atoms. The molecule has 1 amide bonds. The number of ether oxygens (including phenoxy) is 2. The van der Waals surface area contributed by atoms with Crippen molar-refractivity contribution in [2.45, 2.75) is 26.3 Å². The van der Waals surface area contributed by atoms with Gasteiger partial charge in [0.15, 0.2) is 0 Å². The van der Waals surface area contributed by atoms with E-state index in [2.05, 4.69) is 21.4 Å². The first-order valence-corrected chi connectivity index (χ1v) is 13.2. The van der Waals surface area contributed by atoms with Crippen LogP contribution in [0.15, 0.2) is 35.8 Å². The number of carbonyl (C=O) groups excluding carboxylic acids is 1. The van der Waals surface area contributed by atoms with Crippen LogP contribution in [-0.2, 0) is 17.8 Å². The fraction of sp³-hybridized carbons (Fsp3) is 0.407. The normalized spacial score (nSPS) is 14.1. The Hall–Kier alpha value is -3.14. The summed E-state index contributed by atoms with van der Waals surface area (Å²) in [6.45, 7) is 9.60. The van der Waals surface area contributed by atoms with Gasteiger partial charge in [-0.2, -0.15) is 0 Å². The summed E-state index contributed by atoms with van der Waals surface area (Å²) in [6.07, 6.45) is 4.42. The molecule has 1 aliphatic heterocycles. The van der Waals surface area contributed by atoms with Gasteiger partial charge in [-0.05, 0) is 25.1 Å². The summed E-state index contributed by atoms with van der Waals surface area (Å²) < 4.78 is 12.5. The van der Waals surface area contributed by atoms with Gasteiger partial charge in [0.25, 0.3) is 5.56 Å². The Morgan fingerprint density at radius 1 is 1.08 bits per heavy atom. The molecular weight excluding hydrogens is 529 g/mol. The number of benzene rings is 1. The summed E-state index contributed by atoms with van der Waals surface area (Å²) in [5, 5.41) is 1.14. The van der Waals surface area contributed by atoms with Gasteiger partial charge in [0, 0.05) is 62.4 Å². The Bertz CT molecular complexity index is 1390. The van der Waals surface area contributed by atoms with Crippen LogP contribution in [0.25, 0.3) is 22.2 Å². The SMILES string of the molecule is C=CC(=O)N1CCN(CCCn2c(=O)c(-c3c(Cl)c(OC)cc(OC)c3Cl)cc3cnc(CC)nc32)CC1. The van der Waals surface area contributed by atoms with Crippen molar-refractivity contribution in [1.29, 1.82) is 0 Å². The number of aromatic nitrogens is 3. The molecule has 0 unspecified atom stereocenters. The summed E-state index contributed by atoms with van der Waals surface area (Å²) >= 11 is 13.3. The monoisotopic (exact) mass is 559 g/mol. The van der Waals surface area contributed by atoms with E-state index in [0.717, 1.165) is 19.6 Å². The van der Waals surface area contributed by atoms with Crippen molar-refractivity contribution in [1.82, 2.24) is 24.3 Å². The van der Waals surface area contributed by atoms with Crippen molar-refractivity contribution < 1.29 is 14.3 Å². The third kappa shape index (κ3) is 5.50. The number of hydrogen-bond donors (Lipinski definition) is 0. The molecule has 0 aliphatic carbocycles. The van der Waals surface area contributed by atoms with Crippen LogP contribution >= 0.6 is 23.2 Å². The second-order valence-electron chi connectivity index (χ2n) is 8.94. The van der Waals surface area contributed by atoms with Gasteiger partial charge in [0.1, 0.15) is 23.0 Å². The van der Waals surface area contributed by atoms with E-state index in [1.807, 2.05) is 6.92 Å². The molecule has 0 atom stereocenters. The van der Waals surface area contributed by atoms with E-state index in [1.54, 1.807) is 27.8 Å². The minimum atomic E-state index is -0.265. The average Bonchev–Trinajstić information content (AvgIpc) is 2.94. The molecule has 1 aliphatic rings. The Morgan fingerprint density at radius 2 is 1.74 bits per heavy atom. The summed E-state index contributed by atoms with van der Waals surface area (Å²) in [5.74, 6) is 1.30. The third-order valence-electron chi connectivity index (χ3n) is 6.75. The molecule has 0 N–H and O–H groups in total. The van der Waals surface area contributed by atoms with Crippen LogP contribution in [0.1, 0.15) is 19.2 Å². The van der Waals surface area contributed by atoms with Gasteiger partial charge in [-0.15, -0.1) is 0 Å². The number of methoxy groups -OCH3 is 2. The molecule has 3 aromatic rings. The first-order chi connectivity index (χ1) is 18.3. The smallest absolute Gasteiger partial charge is 0.260 e. The number of carbonyl (C=O) groups is 1. The highest BCUT2D eigenvalue weighted by Crippen LogP contribution is 2.45. The lowest BCUT2D eigenvalue weighted by Crippen LogP contribution is -2.48. The highest BCUT2D eigenvalue weighted by Gasteiger charge is 2.24. The predicted octanol–water partition coefficient (Wildman–Crippen LogP) is 4.07. The predicted molar refractivity (Wildman–Crippen MR) is 150 cm³/mol. The topological polar surface area (TPSA) is 89.8 Å². The van der Waals surface area contributed by atoms with E-state index >= 15 is 0 Å². The molecule has 4 rings (SSSR count). The van der Waals surface area contributed by atoms with Crippen LogP contribution in [0, 0.1) is 0 Å². The van der Waals surface area contributed by atoms with Crippen LogP contribution in [-0.4, -0.2) is 77.2 Å². The second-order valence-corrected chi connectivity index (χ2v) is 9.70. The van der Waals surface area contributed by atoms with E-state index in [4.69, 9.17) is 32.7 Å². The van der Waals surface area contributed by atoms with Crippen molar-refractivity contribution in [3.05, 3.63) is 57.2 Å². The number of piperazine rings is 1. The van der Waals surface area contributed by atoms with Crippen molar-refractivity contribution in [3.8, 4) is 22.6 Å². The van der Waals surface area contributed by atoms with Gasteiger partial charge in [-0.3, -0.25) is 19.1 Å². The van der Waals surface area contributed by atoms with Crippen molar-refractivity contribution >= 4 is 40.1 Å². The van der Waals surface area contributed by atoms with Gasteiger partial charge >= 0.3 is 0 Å². The summed E-state index contributed by atoms with van der Waals surface area (Å²) in [5.41, 5.74) is 0.953. The molecule has 0 saturated carbocycles. The minimum absolute atomic E-state index is 0.0441. The molecule has 0 spiro atoms. The van der Waals surface area contributed by atoms with Gasteiger partial charge in [0.2, 0.25) is 5.91 Å². The van der Waals surface area contributed by atoms with Crippen molar-refractivity contribution in [2.75, 3.05) is 46.9 Å². The number of rotatable bonds is 9. The molecule has 11 heteroatoms. The molecule has 202 valence electrons. The zero-order valence-corrected chi connectivity index (χ0v) is 23.3. The molecule has 1 fully saturated rings. The highest BCUT2D eigenvalue weighted by atomic mass is 35.5. The van der Waals surface area contributed by atoms with E-state index in [9.17, 15) is 9.59 Å². The number of pyridine rings is 1. The Morgan fingerprint density at radius 3 is 2.32 bits per heavy atom. The van der Waals surface area contributed by atoms with Crippen molar-refractivity contribution in [2.24, 2.45) is 0 Å². The summed E-state index contributed by atoms with van der Waals surface area (Å²) in [6, 6.07) is 3.31. The Kier molecular flexibility index (Phi) is 8.91. The zero-order chi connectivity index (χ0) is 27.4. The van der Waals surface area contributed by atoms with Crippen LogP contribution in [0.4, 0.5) is 0 Å². The van der Waals surface area contributed by atoms with Crippen LogP contribution in [0.5, 0.6) is 11.5 Å². The first kappa shape index (κ1) is 27.9. The largest absolute Gasteiger partial charge is 0.495 e. The fourth-order valence-electron chi connectivity index (χ4n) is 4.65. The van der Waals surface area contributed by atoms with Gasteiger partial charge in [-0.1, -0.05) is 36.7 Å². The standard InChI is InChI=1S/C27H31Cl2N5O4/c1-5-21-30-16-17-14-18(23-24(28)19(37-3)15-20(38-4)25(23)29)27(36)34(26(17)31-21)9-7-8-32-10-12-33(13-11-32)22(35)6-2/h6,14-16H,2,5,7-13H2,1,3-4H3. The Labute approximate surface area is 231 Å². The van der Waals surface area contributed by atoms with Gasteiger partial charge in [-0.25, -0.2) is 9.97 Å². The number of hydrogen-bond acceptors (Lipinski definition) is 7. The van der Waals surface area contributed by atoms with E-state index in [-0.39, 0.29) is 21.5 Å². The highest BCUT2D eigenvalue weighted by molar-refractivity contribution is 6.41. The Balaban J connectivity index is 1.70. The number of amides is 1. The molecule has 3 heterocycles. The first-order valence-electron chi connectivity index (χ1n) is 12.5. The molecule has 0 radical (unpaired) electrons. The minimum Gasteiger partial charge on any atom is -0.495 e.